The zero-order chi connectivity index (χ0) is 19.7. The summed E-state index contributed by atoms with van der Waals surface area (Å²) >= 11 is 0. The number of carbonyl (C=O) groups excluding carboxylic acids is 1. The quantitative estimate of drug-likeness (QED) is 0.524. The molecule has 6 atom stereocenters. The second kappa shape index (κ2) is 6.14. The number of allylic oxidation sites excluding steroid dienone is 1. The lowest BCUT2D eigenvalue weighted by atomic mass is 9.47. The van der Waals surface area contributed by atoms with E-state index in [1.807, 2.05) is 6.92 Å². The number of nitrogens with zero attached hydrogens (tertiary/aromatic N) is 2. The lowest BCUT2D eigenvalue weighted by molar-refractivity contribution is -0.145. The molecule has 0 saturated heterocycles. The van der Waals surface area contributed by atoms with Crippen LogP contribution >= 0.6 is 0 Å². The molecule has 4 nitrogen and oxygen atoms in total. The van der Waals surface area contributed by atoms with Gasteiger partial charge in [0.05, 0.1) is 5.69 Å². The van der Waals surface area contributed by atoms with Gasteiger partial charge in [0.2, 0.25) is 0 Å². The van der Waals surface area contributed by atoms with Crippen LogP contribution in [0, 0.1) is 30.1 Å². The number of rotatable bonds is 1. The molecule has 4 aliphatic carbocycles. The molecule has 2 fully saturated rings. The molecule has 5 rings (SSSR count). The summed E-state index contributed by atoms with van der Waals surface area (Å²) in [5, 5.41) is 0. The molecule has 0 spiro atoms. The Bertz CT molecular complexity index is 862. The monoisotopic (exact) mass is 380 g/mol. The van der Waals surface area contributed by atoms with Gasteiger partial charge in [-0.2, -0.15) is 0 Å². The molecule has 0 bridgehead atoms. The summed E-state index contributed by atoms with van der Waals surface area (Å²) in [5.41, 5.74) is 4.78. The zero-order valence-electron chi connectivity index (χ0n) is 17.6. The van der Waals surface area contributed by atoms with Crippen molar-refractivity contribution in [3.05, 3.63) is 34.9 Å². The van der Waals surface area contributed by atoms with Crippen LogP contribution in [0.3, 0.4) is 0 Å². The van der Waals surface area contributed by atoms with Gasteiger partial charge in [-0.1, -0.05) is 19.4 Å². The molecule has 1 aromatic heterocycles. The molecule has 1 aromatic rings. The van der Waals surface area contributed by atoms with E-state index in [0.717, 1.165) is 43.3 Å². The van der Waals surface area contributed by atoms with Gasteiger partial charge in [0.15, 0.2) is 0 Å². The van der Waals surface area contributed by atoms with Gasteiger partial charge in [-0.05, 0) is 86.7 Å². The Kier molecular flexibility index (Phi) is 4.02. The maximum Gasteiger partial charge on any atom is 0.303 e. The molecule has 28 heavy (non-hydrogen) atoms. The van der Waals surface area contributed by atoms with E-state index in [1.165, 1.54) is 37.4 Å². The highest BCUT2D eigenvalue weighted by atomic mass is 16.5. The number of aryl methyl sites for hydroxylation is 1. The summed E-state index contributed by atoms with van der Waals surface area (Å²) in [6, 6.07) is 0. The maximum absolute atomic E-state index is 11.4. The number of carbonyl (C=O) groups is 1. The predicted octanol–water partition coefficient (Wildman–Crippen LogP) is 4.69. The summed E-state index contributed by atoms with van der Waals surface area (Å²) in [5.74, 6) is 2.95. The van der Waals surface area contributed by atoms with Crippen LogP contribution in [0.4, 0.5) is 0 Å². The van der Waals surface area contributed by atoms with Crippen molar-refractivity contribution in [3.8, 4) is 0 Å². The van der Waals surface area contributed by atoms with Gasteiger partial charge in [0, 0.05) is 18.5 Å². The van der Waals surface area contributed by atoms with Crippen LogP contribution < -0.4 is 0 Å². The van der Waals surface area contributed by atoms with Crippen molar-refractivity contribution < 1.29 is 9.53 Å². The third kappa shape index (κ3) is 2.52. The second-order valence-electron chi connectivity index (χ2n) is 10.2. The summed E-state index contributed by atoms with van der Waals surface area (Å²) < 4.78 is 5.53. The Balaban J connectivity index is 1.46. The average Bonchev–Trinajstić information content (AvgIpc) is 2.94. The lowest BCUT2D eigenvalue weighted by Crippen LogP contribution is -2.51. The van der Waals surface area contributed by atoms with Gasteiger partial charge < -0.3 is 4.74 Å². The van der Waals surface area contributed by atoms with E-state index < -0.39 is 0 Å². The second-order valence-corrected chi connectivity index (χ2v) is 10.2. The number of hydrogen-bond donors (Lipinski definition) is 0. The Morgan fingerprint density at radius 2 is 1.93 bits per heavy atom. The molecule has 0 aliphatic heterocycles. The summed E-state index contributed by atoms with van der Waals surface area (Å²) in [6.45, 7) is 8.50. The van der Waals surface area contributed by atoms with Crippen LogP contribution in [0.1, 0.15) is 76.4 Å². The van der Waals surface area contributed by atoms with Crippen molar-refractivity contribution in [2.75, 3.05) is 0 Å². The molecule has 4 aliphatic rings. The topological polar surface area (TPSA) is 52.1 Å². The fourth-order valence-corrected chi connectivity index (χ4v) is 7.37. The first-order valence-electron chi connectivity index (χ1n) is 11.0. The minimum atomic E-state index is -0.160. The van der Waals surface area contributed by atoms with Crippen molar-refractivity contribution in [3.63, 3.8) is 0 Å². The molecule has 2 saturated carbocycles. The average molecular weight is 381 g/mol. The minimum absolute atomic E-state index is 0.0139. The van der Waals surface area contributed by atoms with E-state index in [0.29, 0.717) is 5.92 Å². The van der Waals surface area contributed by atoms with Gasteiger partial charge in [0.1, 0.15) is 11.9 Å². The molecular weight excluding hydrogens is 348 g/mol. The fraction of sp³-hybridized carbons (Fsp3) is 0.708. The molecule has 0 aromatic carbocycles. The van der Waals surface area contributed by atoms with Crippen LogP contribution in [0.15, 0.2) is 17.8 Å². The molecular formula is C24H32N2O2. The van der Waals surface area contributed by atoms with Crippen molar-refractivity contribution in [1.82, 2.24) is 9.97 Å². The highest BCUT2D eigenvalue weighted by molar-refractivity contribution is 5.66. The van der Waals surface area contributed by atoms with Crippen LogP contribution in [0.2, 0.25) is 0 Å². The van der Waals surface area contributed by atoms with Gasteiger partial charge in [-0.3, -0.25) is 4.79 Å². The normalized spacial score (nSPS) is 41.2. The first-order chi connectivity index (χ1) is 13.3. The van der Waals surface area contributed by atoms with Crippen molar-refractivity contribution in [1.29, 1.82) is 0 Å². The number of fused-ring (bicyclic) bond motifs is 7. The third-order valence-electron chi connectivity index (χ3n) is 8.74. The van der Waals surface area contributed by atoms with E-state index in [9.17, 15) is 4.79 Å². The number of esters is 1. The summed E-state index contributed by atoms with van der Waals surface area (Å²) in [7, 11) is 0. The van der Waals surface area contributed by atoms with Crippen LogP contribution in [0.25, 0.3) is 0 Å². The SMILES string of the molecule is CC(=O)O[C@@H]1C=C2CC[C@@H]3[C@H](CC[C@]4(C)c5nc(C)ncc5C[C@@H]34)[C@@]2(C)CC1. The summed E-state index contributed by atoms with van der Waals surface area (Å²) in [4.78, 5) is 20.8. The van der Waals surface area contributed by atoms with Crippen LogP contribution in [-0.4, -0.2) is 22.0 Å². The van der Waals surface area contributed by atoms with Crippen molar-refractivity contribution >= 4 is 5.97 Å². The Hall–Kier alpha value is -1.71. The van der Waals surface area contributed by atoms with E-state index in [2.05, 4.69) is 31.1 Å². The highest BCUT2D eigenvalue weighted by Crippen LogP contribution is 2.64. The first-order valence-corrected chi connectivity index (χ1v) is 11.0. The van der Waals surface area contributed by atoms with Crippen LogP contribution in [0.5, 0.6) is 0 Å². The molecule has 150 valence electrons. The van der Waals surface area contributed by atoms with Crippen molar-refractivity contribution in [2.45, 2.75) is 84.2 Å². The van der Waals surface area contributed by atoms with E-state index in [1.54, 1.807) is 5.57 Å². The largest absolute Gasteiger partial charge is 0.458 e. The maximum atomic E-state index is 11.4. The Morgan fingerprint density at radius 1 is 1.14 bits per heavy atom. The van der Waals surface area contributed by atoms with E-state index in [4.69, 9.17) is 9.72 Å². The summed E-state index contributed by atoms with van der Waals surface area (Å²) in [6.07, 6.45) is 12.6. The molecule has 1 heterocycles. The standard InChI is InChI=1S/C24H32N2O2/c1-14-25-13-16-11-21-19-6-5-17-12-18(28-15(2)27)7-9-23(17,3)20(19)8-10-24(21,4)22(16)26-14/h12-13,18-21H,5-11H2,1-4H3/t18-,19+,20-,21-,23-,24-/m0/s1. The van der Waals surface area contributed by atoms with Crippen molar-refractivity contribution in [2.24, 2.45) is 23.2 Å². The minimum Gasteiger partial charge on any atom is -0.458 e. The van der Waals surface area contributed by atoms with Gasteiger partial charge in [0.25, 0.3) is 0 Å². The number of hydrogen-bond acceptors (Lipinski definition) is 4. The predicted molar refractivity (Wildman–Crippen MR) is 108 cm³/mol. The molecule has 0 amide bonds. The molecule has 0 unspecified atom stereocenters. The van der Waals surface area contributed by atoms with Gasteiger partial charge >= 0.3 is 5.97 Å². The van der Waals surface area contributed by atoms with E-state index in [-0.39, 0.29) is 22.9 Å². The first kappa shape index (κ1) is 18.3. The molecule has 4 heteroatoms. The smallest absolute Gasteiger partial charge is 0.303 e. The third-order valence-corrected chi connectivity index (χ3v) is 8.74. The number of ether oxygens (including phenoxy) is 1. The Labute approximate surface area is 168 Å². The fourth-order valence-electron chi connectivity index (χ4n) is 7.37. The van der Waals surface area contributed by atoms with Gasteiger partial charge in [-0.25, -0.2) is 9.97 Å². The van der Waals surface area contributed by atoms with Crippen LogP contribution in [-0.2, 0) is 21.4 Å². The number of aromatic nitrogens is 2. The lowest BCUT2D eigenvalue weighted by Gasteiger charge is -2.57. The molecule has 0 radical (unpaired) electrons. The highest BCUT2D eigenvalue weighted by Gasteiger charge is 2.58. The molecule has 0 N–H and O–H groups in total. The Morgan fingerprint density at radius 3 is 2.71 bits per heavy atom. The van der Waals surface area contributed by atoms with E-state index >= 15 is 0 Å². The van der Waals surface area contributed by atoms with Gasteiger partial charge in [-0.15, -0.1) is 0 Å². The zero-order valence-corrected chi connectivity index (χ0v) is 17.6.